The zero-order valence-corrected chi connectivity index (χ0v) is 11.3. The molecule has 5 nitrogen and oxygen atoms in total. The Hall–Kier alpha value is -1.36. The summed E-state index contributed by atoms with van der Waals surface area (Å²) in [4.78, 5) is 8.64. The molecule has 1 atom stereocenters. The molecule has 0 aliphatic carbocycles. The zero-order chi connectivity index (χ0) is 13.2. The number of hydrogen-bond acceptors (Lipinski definition) is 5. The van der Waals surface area contributed by atoms with Gasteiger partial charge in [0, 0.05) is 18.1 Å². The van der Waals surface area contributed by atoms with Crippen molar-refractivity contribution in [2.75, 3.05) is 18.9 Å². The Kier molecular flexibility index (Phi) is 3.71. The Balaban J connectivity index is 2.05. The van der Waals surface area contributed by atoms with E-state index in [1.54, 1.807) is 6.07 Å². The smallest absolute Gasteiger partial charge is 0.218 e. The molecule has 1 aliphatic rings. The number of ether oxygens (including phenoxy) is 2. The molecule has 2 N–H and O–H groups in total. The molecule has 1 unspecified atom stereocenters. The van der Waals surface area contributed by atoms with Crippen LogP contribution in [-0.2, 0) is 10.2 Å². The van der Waals surface area contributed by atoms with Crippen molar-refractivity contribution in [3.8, 4) is 5.88 Å². The highest BCUT2D eigenvalue weighted by molar-refractivity contribution is 5.34. The number of nitrogens with two attached hydrogens (primary N) is 1. The van der Waals surface area contributed by atoms with Crippen LogP contribution in [0.15, 0.2) is 6.07 Å². The van der Waals surface area contributed by atoms with Crippen LogP contribution in [-0.4, -0.2) is 29.3 Å². The number of rotatable bonds is 3. The first kappa shape index (κ1) is 13.1. The number of aromatic nitrogens is 2. The fraction of sp³-hybridized carbons (Fsp3) is 0.692. The number of hydrogen-bond donors (Lipinski definition) is 1. The Labute approximate surface area is 108 Å². The van der Waals surface area contributed by atoms with E-state index in [1.807, 2.05) is 20.8 Å². The molecule has 1 fully saturated rings. The van der Waals surface area contributed by atoms with Gasteiger partial charge in [-0.2, -0.15) is 4.98 Å². The van der Waals surface area contributed by atoms with Crippen LogP contribution in [0.4, 0.5) is 5.82 Å². The first-order chi connectivity index (χ1) is 8.45. The molecule has 5 heteroatoms. The molecular weight excluding hydrogens is 230 g/mol. The van der Waals surface area contributed by atoms with Crippen LogP contribution in [0.3, 0.4) is 0 Å². The third kappa shape index (κ3) is 3.32. The van der Waals surface area contributed by atoms with Crippen LogP contribution >= 0.6 is 0 Å². The maximum Gasteiger partial charge on any atom is 0.218 e. The summed E-state index contributed by atoms with van der Waals surface area (Å²) in [6.45, 7) is 7.50. The second kappa shape index (κ2) is 5.10. The Morgan fingerprint density at radius 1 is 1.44 bits per heavy atom. The largest absolute Gasteiger partial charge is 0.475 e. The molecule has 100 valence electrons. The molecular formula is C13H21N3O2. The third-order valence-corrected chi connectivity index (χ3v) is 2.83. The van der Waals surface area contributed by atoms with Crippen LogP contribution in [0.25, 0.3) is 0 Å². The molecule has 1 aromatic heterocycles. The van der Waals surface area contributed by atoms with Gasteiger partial charge in [-0.25, -0.2) is 4.98 Å². The molecule has 1 aliphatic heterocycles. The second-order valence-corrected chi connectivity index (χ2v) is 5.65. The van der Waals surface area contributed by atoms with Gasteiger partial charge in [-0.15, -0.1) is 0 Å². The quantitative estimate of drug-likeness (QED) is 0.888. The van der Waals surface area contributed by atoms with Crippen molar-refractivity contribution >= 4 is 5.82 Å². The van der Waals surface area contributed by atoms with E-state index in [0.29, 0.717) is 24.1 Å². The number of nitrogens with zero attached hydrogens (tertiary/aromatic N) is 2. The molecule has 2 rings (SSSR count). The van der Waals surface area contributed by atoms with Crippen LogP contribution in [0.5, 0.6) is 5.88 Å². The van der Waals surface area contributed by atoms with Gasteiger partial charge in [0.25, 0.3) is 0 Å². The SMILES string of the molecule is CC(C)(C)c1nc(N)cc(OCC2CCCO2)n1. The van der Waals surface area contributed by atoms with Gasteiger partial charge < -0.3 is 15.2 Å². The molecule has 0 spiro atoms. The first-order valence-corrected chi connectivity index (χ1v) is 6.34. The average molecular weight is 251 g/mol. The average Bonchev–Trinajstić information content (AvgIpc) is 2.77. The van der Waals surface area contributed by atoms with Crippen LogP contribution < -0.4 is 10.5 Å². The summed E-state index contributed by atoms with van der Waals surface area (Å²) < 4.78 is 11.2. The minimum atomic E-state index is -0.142. The fourth-order valence-electron chi connectivity index (χ4n) is 1.81. The van der Waals surface area contributed by atoms with Crippen molar-refractivity contribution in [2.24, 2.45) is 0 Å². The lowest BCUT2D eigenvalue weighted by Gasteiger charge is -2.18. The highest BCUT2D eigenvalue weighted by Crippen LogP contribution is 2.22. The second-order valence-electron chi connectivity index (χ2n) is 5.65. The predicted molar refractivity (Wildman–Crippen MR) is 69.6 cm³/mol. The van der Waals surface area contributed by atoms with Crippen LogP contribution in [0, 0.1) is 0 Å². The number of nitrogen functional groups attached to an aromatic ring is 1. The van der Waals surface area contributed by atoms with Crippen molar-refractivity contribution in [1.29, 1.82) is 0 Å². The maximum atomic E-state index is 5.78. The molecule has 0 bridgehead atoms. The lowest BCUT2D eigenvalue weighted by molar-refractivity contribution is 0.0661. The van der Waals surface area contributed by atoms with Crippen LogP contribution in [0.1, 0.15) is 39.4 Å². The molecule has 0 radical (unpaired) electrons. The van der Waals surface area contributed by atoms with Crippen molar-refractivity contribution < 1.29 is 9.47 Å². The lowest BCUT2D eigenvalue weighted by atomic mass is 9.96. The van der Waals surface area contributed by atoms with E-state index >= 15 is 0 Å². The summed E-state index contributed by atoms with van der Waals surface area (Å²) >= 11 is 0. The van der Waals surface area contributed by atoms with Gasteiger partial charge in [0.05, 0.1) is 6.10 Å². The van der Waals surface area contributed by atoms with Gasteiger partial charge in [0.2, 0.25) is 5.88 Å². The van der Waals surface area contributed by atoms with E-state index in [4.69, 9.17) is 15.2 Å². The summed E-state index contributed by atoms with van der Waals surface area (Å²) in [5.74, 6) is 1.67. The van der Waals surface area contributed by atoms with Crippen molar-refractivity contribution in [1.82, 2.24) is 9.97 Å². The highest BCUT2D eigenvalue weighted by atomic mass is 16.5. The van der Waals surface area contributed by atoms with Gasteiger partial charge in [0.15, 0.2) is 0 Å². The first-order valence-electron chi connectivity index (χ1n) is 6.34. The van der Waals surface area contributed by atoms with Crippen molar-refractivity contribution in [3.05, 3.63) is 11.9 Å². The molecule has 1 aromatic rings. The van der Waals surface area contributed by atoms with E-state index in [-0.39, 0.29) is 11.5 Å². The molecule has 0 aromatic carbocycles. The van der Waals surface area contributed by atoms with Crippen LogP contribution in [0.2, 0.25) is 0 Å². The Bertz CT molecular complexity index is 409. The van der Waals surface area contributed by atoms with E-state index in [9.17, 15) is 0 Å². The summed E-state index contributed by atoms with van der Waals surface area (Å²) in [5.41, 5.74) is 5.64. The molecule has 0 saturated carbocycles. The summed E-state index contributed by atoms with van der Waals surface area (Å²) in [6.07, 6.45) is 2.33. The maximum absolute atomic E-state index is 5.78. The van der Waals surface area contributed by atoms with Gasteiger partial charge in [-0.3, -0.25) is 0 Å². The van der Waals surface area contributed by atoms with Crippen molar-refractivity contribution in [2.45, 2.75) is 45.1 Å². The Morgan fingerprint density at radius 2 is 2.22 bits per heavy atom. The predicted octanol–water partition coefficient (Wildman–Crippen LogP) is 1.91. The number of anilines is 1. The third-order valence-electron chi connectivity index (χ3n) is 2.83. The lowest BCUT2D eigenvalue weighted by Crippen LogP contribution is -2.20. The monoisotopic (exact) mass is 251 g/mol. The van der Waals surface area contributed by atoms with Gasteiger partial charge in [0.1, 0.15) is 18.2 Å². The minimum absolute atomic E-state index is 0.142. The molecule has 0 amide bonds. The van der Waals surface area contributed by atoms with Gasteiger partial charge in [-0.1, -0.05) is 20.8 Å². The molecule has 18 heavy (non-hydrogen) atoms. The van der Waals surface area contributed by atoms with Gasteiger partial charge >= 0.3 is 0 Å². The van der Waals surface area contributed by atoms with E-state index in [2.05, 4.69) is 9.97 Å². The molecule has 2 heterocycles. The standard InChI is InChI=1S/C13H21N3O2/c1-13(2,3)12-15-10(14)7-11(16-12)18-8-9-5-4-6-17-9/h7,9H,4-6,8H2,1-3H3,(H2,14,15,16). The van der Waals surface area contributed by atoms with Crippen molar-refractivity contribution in [3.63, 3.8) is 0 Å². The van der Waals surface area contributed by atoms with Gasteiger partial charge in [-0.05, 0) is 12.8 Å². The minimum Gasteiger partial charge on any atom is -0.475 e. The topological polar surface area (TPSA) is 70.3 Å². The molecule has 1 saturated heterocycles. The normalized spacial score (nSPS) is 20.1. The Morgan fingerprint density at radius 3 is 2.83 bits per heavy atom. The summed E-state index contributed by atoms with van der Waals surface area (Å²) in [7, 11) is 0. The van der Waals surface area contributed by atoms with E-state index in [0.717, 1.165) is 19.4 Å². The van der Waals surface area contributed by atoms with E-state index in [1.165, 1.54) is 0 Å². The fourth-order valence-corrected chi connectivity index (χ4v) is 1.81. The van der Waals surface area contributed by atoms with E-state index < -0.39 is 0 Å². The summed E-state index contributed by atoms with van der Waals surface area (Å²) in [6, 6.07) is 1.66. The highest BCUT2D eigenvalue weighted by Gasteiger charge is 2.20. The zero-order valence-electron chi connectivity index (χ0n) is 11.3. The summed E-state index contributed by atoms with van der Waals surface area (Å²) in [5, 5.41) is 0.